The molecule has 1 aliphatic heterocycles. The first kappa shape index (κ1) is 21.4. The summed E-state index contributed by atoms with van der Waals surface area (Å²) < 4.78 is 48.1. The first-order chi connectivity index (χ1) is 14.0. The van der Waals surface area contributed by atoms with Crippen molar-refractivity contribution >= 4 is 33.2 Å². The Morgan fingerprint density at radius 2 is 2.00 bits per heavy atom. The molecule has 1 atom stereocenters. The number of fused-ring (bicyclic) bond motifs is 2. The number of hydrogen-bond acceptors (Lipinski definition) is 4. The average Bonchev–Trinajstić information content (AvgIpc) is 3.24. The molecule has 0 amide bonds. The van der Waals surface area contributed by atoms with Gasteiger partial charge in [0.1, 0.15) is 10.6 Å². The van der Waals surface area contributed by atoms with E-state index in [1.807, 2.05) is 0 Å². The molecule has 1 aromatic carbocycles. The van der Waals surface area contributed by atoms with E-state index >= 15 is 0 Å². The largest absolute Gasteiger partial charge is 0.493 e. The second-order valence-corrected chi connectivity index (χ2v) is 9.97. The lowest BCUT2D eigenvalue weighted by atomic mass is 9.73. The normalized spacial score (nSPS) is 16.4. The van der Waals surface area contributed by atoms with E-state index in [2.05, 4.69) is 4.98 Å². The van der Waals surface area contributed by atoms with Crippen molar-refractivity contribution in [2.45, 2.75) is 50.3 Å². The number of alkyl halides is 3. The Morgan fingerprint density at radius 3 is 2.70 bits per heavy atom. The highest BCUT2D eigenvalue weighted by molar-refractivity contribution is 7.18. The first-order valence-corrected chi connectivity index (χ1v) is 10.8. The molecule has 4 rings (SSSR count). The maximum atomic E-state index is 14.1. The van der Waals surface area contributed by atoms with Crippen LogP contribution in [-0.4, -0.2) is 28.5 Å². The Kier molecular flexibility index (Phi) is 5.27. The van der Waals surface area contributed by atoms with Gasteiger partial charge in [0.05, 0.1) is 6.61 Å². The minimum Gasteiger partial charge on any atom is -0.493 e. The van der Waals surface area contributed by atoms with Crippen LogP contribution in [0, 0.1) is 0 Å². The van der Waals surface area contributed by atoms with Crippen molar-refractivity contribution in [2.75, 3.05) is 6.61 Å². The molecule has 0 saturated carbocycles. The Balaban J connectivity index is 1.71. The zero-order valence-corrected chi connectivity index (χ0v) is 18.1. The number of pyridine rings is 1. The maximum absolute atomic E-state index is 14.1. The van der Waals surface area contributed by atoms with E-state index in [1.165, 1.54) is 11.3 Å². The third-order valence-electron chi connectivity index (χ3n) is 5.55. The zero-order chi connectivity index (χ0) is 21.7. The van der Waals surface area contributed by atoms with E-state index in [1.54, 1.807) is 50.4 Å². The topological polar surface area (TPSA) is 42.4 Å². The van der Waals surface area contributed by atoms with Gasteiger partial charge >= 0.3 is 6.18 Å². The van der Waals surface area contributed by atoms with Crippen LogP contribution in [0.1, 0.15) is 36.3 Å². The molecule has 0 radical (unpaired) electrons. The van der Waals surface area contributed by atoms with Crippen LogP contribution in [0.3, 0.4) is 0 Å². The van der Waals surface area contributed by atoms with Gasteiger partial charge in [-0.3, -0.25) is 0 Å². The van der Waals surface area contributed by atoms with Gasteiger partial charge < -0.3 is 9.84 Å². The summed E-state index contributed by atoms with van der Waals surface area (Å²) in [6, 6.07) is 8.62. The summed E-state index contributed by atoms with van der Waals surface area (Å²) in [5.74, 6) is 0.583. The maximum Gasteiger partial charge on any atom is 0.417 e. The fourth-order valence-electron chi connectivity index (χ4n) is 4.16. The number of hydrogen-bond donors (Lipinski definition) is 1. The van der Waals surface area contributed by atoms with E-state index in [4.69, 9.17) is 16.3 Å². The minimum absolute atomic E-state index is 0.437. The lowest BCUT2D eigenvalue weighted by molar-refractivity contribution is -0.266. The zero-order valence-electron chi connectivity index (χ0n) is 16.5. The number of nitrogens with zero attached hydrogens (tertiary/aromatic N) is 1. The summed E-state index contributed by atoms with van der Waals surface area (Å²) in [6.45, 7) is 3.84. The van der Waals surface area contributed by atoms with E-state index in [0.717, 1.165) is 10.9 Å². The number of rotatable bonds is 5. The van der Waals surface area contributed by atoms with Crippen LogP contribution >= 0.6 is 22.9 Å². The molecule has 0 fully saturated rings. The van der Waals surface area contributed by atoms with Gasteiger partial charge in [-0.05, 0) is 41.7 Å². The van der Waals surface area contributed by atoms with Crippen LogP contribution in [0.5, 0.6) is 5.75 Å². The van der Waals surface area contributed by atoms with Gasteiger partial charge in [0.2, 0.25) is 0 Å². The SMILES string of the molecule is CC(C)(CC(O)(Cc1cc2cccnc2s1)C(F)(F)F)c1cc(Cl)cc2c1OCC2. The summed E-state index contributed by atoms with van der Waals surface area (Å²) in [5.41, 5.74) is -2.47. The predicted octanol–water partition coefficient (Wildman–Crippen LogP) is 6.09. The van der Waals surface area contributed by atoms with Crippen LogP contribution in [0.4, 0.5) is 13.2 Å². The number of thiophene rings is 1. The number of ether oxygens (including phenoxy) is 1. The number of halogens is 4. The Labute approximate surface area is 181 Å². The fourth-order valence-corrected chi connectivity index (χ4v) is 5.51. The van der Waals surface area contributed by atoms with Crippen LogP contribution in [0.25, 0.3) is 10.2 Å². The van der Waals surface area contributed by atoms with Crippen molar-refractivity contribution in [3.8, 4) is 5.75 Å². The average molecular weight is 456 g/mol. The standard InChI is InChI=1S/C22H21ClF3NO2S/c1-20(2,17-10-15(23)8-13-5-7-29-18(13)17)12-21(28,22(24,25)26)11-16-9-14-4-3-6-27-19(14)30-16/h3-4,6,8-10,28H,5,7,11-12H2,1-2H3. The van der Waals surface area contributed by atoms with Crippen molar-refractivity contribution in [1.29, 1.82) is 0 Å². The molecule has 160 valence electrons. The van der Waals surface area contributed by atoms with E-state index < -0.39 is 30.0 Å². The summed E-state index contributed by atoms with van der Waals surface area (Å²) in [7, 11) is 0. The van der Waals surface area contributed by atoms with Gasteiger partial charge in [0, 0.05) is 39.9 Å². The van der Waals surface area contributed by atoms with Crippen LogP contribution < -0.4 is 4.74 Å². The quantitative estimate of drug-likeness (QED) is 0.506. The molecular formula is C22H21ClF3NO2S. The van der Waals surface area contributed by atoms with Gasteiger partial charge in [0.15, 0.2) is 5.60 Å². The molecule has 1 unspecified atom stereocenters. The van der Waals surface area contributed by atoms with E-state index in [9.17, 15) is 18.3 Å². The third kappa shape index (κ3) is 3.90. The summed E-state index contributed by atoms with van der Waals surface area (Å²) >= 11 is 7.39. The highest BCUT2D eigenvalue weighted by atomic mass is 35.5. The molecule has 0 spiro atoms. The van der Waals surface area contributed by atoms with E-state index in [-0.39, 0.29) is 0 Å². The molecule has 0 saturated heterocycles. The highest BCUT2D eigenvalue weighted by Crippen LogP contribution is 2.48. The van der Waals surface area contributed by atoms with Crippen LogP contribution in [-0.2, 0) is 18.3 Å². The van der Waals surface area contributed by atoms with Crippen molar-refractivity contribution in [1.82, 2.24) is 4.98 Å². The lowest BCUT2D eigenvalue weighted by Crippen LogP contribution is -2.50. The van der Waals surface area contributed by atoms with Crippen LogP contribution in [0.2, 0.25) is 5.02 Å². The monoisotopic (exact) mass is 455 g/mol. The number of aromatic nitrogens is 1. The molecule has 0 aliphatic carbocycles. The summed E-state index contributed by atoms with van der Waals surface area (Å²) in [4.78, 5) is 5.28. The number of aliphatic hydroxyl groups is 1. The number of benzene rings is 1. The van der Waals surface area contributed by atoms with Gasteiger partial charge in [-0.15, -0.1) is 11.3 Å². The third-order valence-corrected chi connectivity index (χ3v) is 6.83. The molecule has 3 heterocycles. The lowest BCUT2D eigenvalue weighted by Gasteiger charge is -2.38. The minimum atomic E-state index is -4.81. The van der Waals surface area contributed by atoms with Gasteiger partial charge in [0.25, 0.3) is 0 Å². The Hall–Kier alpha value is -1.83. The molecular weight excluding hydrogens is 435 g/mol. The van der Waals surface area contributed by atoms with Gasteiger partial charge in [-0.2, -0.15) is 13.2 Å². The van der Waals surface area contributed by atoms with Crippen molar-refractivity contribution < 1.29 is 23.0 Å². The fraction of sp³-hybridized carbons (Fsp3) is 0.409. The summed E-state index contributed by atoms with van der Waals surface area (Å²) in [6.07, 6.45) is -3.61. The molecule has 1 N–H and O–H groups in total. The molecule has 0 bridgehead atoms. The smallest absolute Gasteiger partial charge is 0.417 e. The van der Waals surface area contributed by atoms with Crippen molar-refractivity contribution in [3.05, 3.63) is 57.6 Å². The van der Waals surface area contributed by atoms with E-state index in [0.29, 0.717) is 39.1 Å². The van der Waals surface area contributed by atoms with Gasteiger partial charge in [-0.25, -0.2) is 4.98 Å². The predicted molar refractivity (Wildman–Crippen MR) is 113 cm³/mol. The highest BCUT2D eigenvalue weighted by Gasteiger charge is 2.56. The Bertz CT molecular complexity index is 1060. The molecule has 1 aliphatic rings. The second-order valence-electron chi connectivity index (χ2n) is 8.42. The molecule has 8 heteroatoms. The molecule has 30 heavy (non-hydrogen) atoms. The Morgan fingerprint density at radius 1 is 1.23 bits per heavy atom. The van der Waals surface area contributed by atoms with Crippen LogP contribution in [0.15, 0.2) is 36.5 Å². The van der Waals surface area contributed by atoms with Gasteiger partial charge in [-0.1, -0.05) is 31.5 Å². The second kappa shape index (κ2) is 7.39. The van der Waals surface area contributed by atoms with Crippen molar-refractivity contribution in [3.63, 3.8) is 0 Å². The summed E-state index contributed by atoms with van der Waals surface area (Å²) in [5, 5.41) is 12.1. The molecule has 3 nitrogen and oxygen atoms in total. The van der Waals surface area contributed by atoms with Crippen molar-refractivity contribution in [2.24, 2.45) is 0 Å². The molecule has 2 aromatic heterocycles. The molecule has 3 aromatic rings. The first-order valence-electron chi connectivity index (χ1n) is 9.57.